The number of nitrogens with zero attached hydrogens (tertiary/aromatic N) is 3. The summed E-state index contributed by atoms with van der Waals surface area (Å²) < 4.78 is 2.35. The molecular weight excluding hydrogens is 248 g/mol. The zero-order chi connectivity index (χ0) is 13.9. The van der Waals surface area contributed by atoms with Gasteiger partial charge in [0.15, 0.2) is 0 Å². The third-order valence-electron chi connectivity index (χ3n) is 4.90. The minimum absolute atomic E-state index is 0.640. The molecule has 1 saturated carbocycles. The summed E-state index contributed by atoms with van der Waals surface area (Å²) in [5.41, 5.74) is 1.13. The highest BCUT2D eigenvalue weighted by Crippen LogP contribution is 2.24. The predicted molar refractivity (Wildman–Crippen MR) is 83.1 cm³/mol. The van der Waals surface area contributed by atoms with E-state index in [1.54, 1.807) is 0 Å². The van der Waals surface area contributed by atoms with E-state index in [1.807, 2.05) is 0 Å². The Hall–Kier alpha value is -1.03. The number of anilines is 1. The predicted octanol–water partition coefficient (Wildman–Crippen LogP) is 3.03. The van der Waals surface area contributed by atoms with Crippen molar-refractivity contribution in [2.24, 2.45) is 0 Å². The maximum Gasteiger partial charge on any atom is 0.203 e. The van der Waals surface area contributed by atoms with E-state index in [0.29, 0.717) is 12.1 Å². The summed E-state index contributed by atoms with van der Waals surface area (Å²) in [7, 11) is 0. The van der Waals surface area contributed by atoms with Gasteiger partial charge in [-0.25, -0.2) is 4.98 Å². The standard InChI is InChI=1S/C16H28N4/c1-3-19-10-6-9-15(19)12-20-11-13(2)17-16(20)18-14-7-4-5-8-14/h11,14-15H,3-10,12H2,1-2H3,(H,17,18). The Bertz CT molecular complexity index is 434. The number of aromatic nitrogens is 2. The molecule has 4 nitrogen and oxygen atoms in total. The molecule has 2 aliphatic rings. The lowest BCUT2D eigenvalue weighted by Crippen LogP contribution is -2.33. The maximum atomic E-state index is 4.70. The summed E-state index contributed by atoms with van der Waals surface area (Å²) in [4.78, 5) is 7.31. The van der Waals surface area contributed by atoms with Gasteiger partial charge in [-0.1, -0.05) is 19.8 Å². The first-order chi connectivity index (χ1) is 9.76. The van der Waals surface area contributed by atoms with Gasteiger partial charge in [0.25, 0.3) is 0 Å². The molecule has 1 aromatic heterocycles. The van der Waals surface area contributed by atoms with Gasteiger partial charge in [0.2, 0.25) is 5.95 Å². The van der Waals surface area contributed by atoms with Crippen LogP contribution in [0.25, 0.3) is 0 Å². The second kappa shape index (κ2) is 6.17. The molecule has 1 saturated heterocycles. The molecule has 0 bridgehead atoms. The molecule has 1 N–H and O–H groups in total. The van der Waals surface area contributed by atoms with E-state index >= 15 is 0 Å². The SMILES string of the molecule is CCN1CCCC1Cn1cc(C)nc1NC1CCCC1. The molecule has 2 heterocycles. The summed E-state index contributed by atoms with van der Waals surface area (Å²) in [6.07, 6.45) is 10.2. The van der Waals surface area contributed by atoms with Crippen LogP contribution in [0.15, 0.2) is 6.20 Å². The van der Waals surface area contributed by atoms with Crippen molar-refractivity contribution in [1.29, 1.82) is 0 Å². The van der Waals surface area contributed by atoms with E-state index in [2.05, 4.69) is 34.8 Å². The van der Waals surface area contributed by atoms with E-state index < -0.39 is 0 Å². The van der Waals surface area contributed by atoms with Gasteiger partial charge >= 0.3 is 0 Å². The third kappa shape index (κ3) is 3.00. The third-order valence-corrected chi connectivity index (χ3v) is 4.90. The Morgan fingerprint density at radius 3 is 2.80 bits per heavy atom. The first-order valence-corrected chi connectivity index (χ1v) is 8.30. The summed E-state index contributed by atoms with van der Waals surface area (Å²) in [5, 5.41) is 3.67. The van der Waals surface area contributed by atoms with Crippen molar-refractivity contribution in [2.75, 3.05) is 18.4 Å². The van der Waals surface area contributed by atoms with E-state index in [1.165, 1.54) is 51.6 Å². The Labute approximate surface area is 122 Å². The second-order valence-corrected chi connectivity index (χ2v) is 6.41. The van der Waals surface area contributed by atoms with Gasteiger partial charge in [-0.3, -0.25) is 4.90 Å². The van der Waals surface area contributed by atoms with Gasteiger partial charge in [0.05, 0.1) is 5.69 Å². The Morgan fingerprint density at radius 1 is 1.25 bits per heavy atom. The van der Waals surface area contributed by atoms with E-state index in [0.717, 1.165) is 18.2 Å². The number of rotatable bonds is 5. The lowest BCUT2D eigenvalue weighted by atomic mass is 10.2. The minimum Gasteiger partial charge on any atom is -0.353 e. The molecule has 1 aliphatic heterocycles. The van der Waals surface area contributed by atoms with Gasteiger partial charge in [-0.15, -0.1) is 0 Å². The lowest BCUT2D eigenvalue weighted by Gasteiger charge is -2.24. The number of hydrogen-bond acceptors (Lipinski definition) is 3. The van der Waals surface area contributed by atoms with Crippen LogP contribution in [0.3, 0.4) is 0 Å². The summed E-state index contributed by atoms with van der Waals surface area (Å²) in [5.74, 6) is 1.09. The van der Waals surface area contributed by atoms with Crippen LogP contribution in [-0.2, 0) is 6.54 Å². The molecule has 2 fully saturated rings. The van der Waals surface area contributed by atoms with Crippen LogP contribution in [0.5, 0.6) is 0 Å². The first kappa shape index (κ1) is 13.9. The van der Waals surface area contributed by atoms with Crippen LogP contribution in [0.4, 0.5) is 5.95 Å². The molecule has 1 aliphatic carbocycles. The Balaban J connectivity index is 1.68. The van der Waals surface area contributed by atoms with Crippen LogP contribution in [0, 0.1) is 6.92 Å². The highest BCUT2D eigenvalue weighted by molar-refractivity contribution is 5.30. The van der Waals surface area contributed by atoms with Crippen molar-refractivity contribution < 1.29 is 0 Å². The molecule has 3 rings (SSSR count). The molecule has 20 heavy (non-hydrogen) atoms. The number of likely N-dealkylation sites (N-methyl/N-ethyl adjacent to an activating group) is 1. The van der Waals surface area contributed by atoms with E-state index in [-0.39, 0.29) is 0 Å². The molecular formula is C16H28N4. The average molecular weight is 276 g/mol. The van der Waals surface area contributed by atoms with Gasteiger partial charge in [0.1, 0.15) is 0 Å². The molecule has 4 heteroatoms. The quantitative estimate of drug-likeness (QED) is 0.897. The molecule has 1 unspecified atom stereocenters. The molecule has 0 radical (unpaired) electrons. The normalized spacial score (nSPS) is 24.6. The van der Waals surface area contributed by atoms with Crippen molar-refractivity contribution in [3.63, 3.8) is 0 Å². The Morgan fingerprint density at radius 2 is 2.05 bits per heavy atom. The summed E-state index contributed by atoms with van der Waals surface area (Å²) >= 11 is 0. The van der Waals surface area contributed by atoms with Crippen molar-refractivity contribution in [1.82, 2.24) is 14.5 Å². The first-order valence-electron chi connectivity index (χ1n) is 8.30. The van der Waals surface area contributed by atoms with E-state index in [9.17, 15) is 0 Å². The van der Waals surface area contributed by atoms with Crippen molar-refractivity contribution in [3.05, 3.63) is 11.9 Å². The summed E-state index contributed by atoms with van der Waals surface area (Å²) in [6, 6.07) is 1.33. The smallest absolute Gasteiger partial charge is 0.203 e. The second-order valence-electron chi connectivity index (χ2n) is 6.41. The zero-order valence-electron chi connectivity index (χ0n) is 12.9. The van der Waals surface area contributed by atoms with Crippen LogP contribution >= 0.6 is 0 Å². The average Bonchev–Trinajstić information content (AvgIpc) is 3.13. The molecule has 0 aromatic carbocycles. The fraction of sp³-hybridized carbons (Fsp3) is 0.812. The van der Waals surface area contributed by atoms with Crippen LogP contribution < -0.4 is 5.32 Å². The highest BCUT2D eigenvalue weighted by atomic mass is 15.3. The summed E-state index contributed by atoms with van der Waals surface area (Å²) in [6.45, 7) is 7.89. The molecule has 1 aromatic rings. The molecule has 1 atom stereocenters. The van der Waals surface area contributed by atoms with Gasteiger partial charge < -0.3 is 9.88 Å². The van der Waals surface area contributed by atoms with Crippen LogP contribution in [-0.4, -0.2) is 39.6 Å². The van der Waals surface area contributed by atoms with Gasteiger partial charge in [0, 0.05) is 24.8 Å². The van der Waals surface area contributed by atoms with Crippen molar-refractivity contribution in [3.8, 4) is 0 Å². The highest BCUT2D eigenvalue weighted by Gasteiger charge is 2.25. The van der Waals surface area contributed by atoms with Crippen molar-refractivity contribution in [2.45, 2.75) is 71.0 Å². The number of likely N-dealkylation sites (tertiary alicyclic amines) is 1. The Kier molecular flexibility index (Phi) is 4.29. The fourth-order valence-corrected chi connectivity index (χ4v) is 3.80. The lowest BCUT2D eigenvalue weighted by molar-refractivity contribution is 0.245. The van der Waals surface area contributed by atoms with Gasteiger partial charge in [-0.2, -0.15) is 0 Å². The zero-order valence-corrected chi connectivity index (χ0v) is 12.9. The maximum absolute atomic E-state index is 4.70. The number of hydrogen-bond donors (Lipinski definition) is 1. The largest absolute Gasteiger partial charge is 0.353 e. The molecule has 0 spiro atoms. The minimum atomic E-state index is 0.640. The van der Waals surface area contributed by atoms with Gasteiger partial charge in [-0.05, 0) is 45.7 Å². The fourth-order valence-electron chi connectivity index (χ4n) is 3.80. The number of imidazole rings is 1. The van der Waals surface area contributed by atoms with Crippen LogP contribution in [0.2, 0.25) is 0 Å². The number of aryl methyl sites for hydroxylation is 1. The number of nitrogens with one attached hydrogen (secondary N) is 1. The molecule has 112 valence electrons. The van der Waals surface area contributed by atoms with Crippen molar-refractivity contribution >= 4 is 5.95 Å². The van der Waals surface area contributed by atoms with Crippen LogP contribution in [0.1, 0.15) is 51.1 Å². The van der Waals surface area contributed by atoms with E-state index in [4.69, 9.17) is 4.98 Å². The monoisotopic (exact) mass is 276 g/mol. The topological polar surface area (TPSA) is 33.1 Å². The molecule has 0 amide bonds.